The lowest BCUT2D eigenvalue weighted by molar-refractivity contribution is 0.600. The molecule has 144 valence electrons. The van der Waals surface area contributed by atoms with Gasteiger partial charge in [0.2, 0.25) is 0 Å². The minimum atomic E-state index is -3.15. The zero-order valence-electron chi connectivity index (χ0n) is 15.4. The first kappa shape index (κ1) is 17.8. The highest BCUT2D eigenvalue weighted by Gasteiger charge is 2.26. The smallest absolute Gasteiger partial charge is 0.178 e. The molecule has 5 rings (SSSR count). The monoisotopic (exact) mass is 404 g/mol. The van der Waals surface area contributed by atoms with Crippen LogP contribution in [0.15, 0.2) is 78.0 Å². The van der Waals surface area contributed by atoms with Gasteiger partial charge in [0.25, 0.3) is 0 Å². The Morgan fingerprint density at radius 2 is 1.59 bits per heavy atom. The van der Waals surface area contributed by atoms with E-state index < -0.39 is 9.84 Å². The molecule has 0 fully saturated rings. The van der Waals surface area contributed by atoms with E-state index in [4.69, 9.17) is 0 Å². The summed E-state index contributed by atoms with van der Waals surface area (Å²) < 4.78 is 37.6. The lowest BCUT2D eigenvalue weighted by Crippen LogP contribution is -1.98. The number of benzene rings is 2. The molecule has 2 aromatic carbocycles. The zero-order chi connectivity index (χ0) is 20.0. The Labute approximate surface area is 168 Å². The van der Waals surface area contributed by atoms with Gasteiger partial charge in [-0.25, -0.2) is 12.8 Å². The van der Waals surface area contributed by atoms with Crippen LogP contribution in [0, 0.1) is 5.82 Å². The van der Waals surface area contributed by atoms with E-state index in [0.29, 0.717) is 11.3 Å². The molecule has 6 heteroatoms. The van der Waals surface area contributed by atoms with Crippen molar-refractivity contribution in [2.24, 2.45) is 0 Å². The van der Waals surface area contributed by atoms with Crippen LogP contribution in [-0.4, -0.2) is 24.1 Å². The maximum atomic E-state index is 13.4. The third kappa shape index (κ3) is 3.15. The number of aryl methyl sites for hydroxylation is 1. The molecule has 0 radical (unpaired) electrons. The van der Waals surface area contributed by atoms with Gasteiger partial charge in [-0.05, 0) is 83.3 Å². The van der Waals surface area contributed by atoms with E-state index in [1.165, 1.54) is 12.1 Å². The maximum absolute atomic E-state index is 13.4. The quantitative estimate of drug-likeness (QED) is 0.529. The number of hydrogen-bond donors (Lipinski definition) is 1. The van der Waals surface area contributed by atoms with Crippen molar-refractivity contribution < 1.29 is 12.8 Å². The van der Waals surface area contributed by atoms with Gasteiger partial charge in [-0.2, -0.15) is 0 Å². The lowest BCUT2D eigenvalue weighted by Gasteiger charge is -2.05. The average molecular weight is 404 g/mol. The first-order chi connectivity index (χ1) is 14.0. The molecule has 0 amide bonds. The number of nitrogens with one attached hydrogen (secondary N) is 1. The van der Waals surface area contributed by atoms with Crippen molar-refractivity contribution in [3.63, 3.8) is 0 Å². The number of halogens is 1. The van der Waals surface area contributed by atoms with E-state index in [1.807, 2.05) is 30.3 Å². The Morgan fingerprint density at radius 1 is 0.862 bits per heavy atom. The topological polar surface area (TPSA) is 62.8 Å². The predicted molar refractivity (Wildman–Crippen MR) is 111 cm³/mol. The number of rotatable bonds is 3. The Bertz CT molecular complexity index is 1310. The molecule has 0 unspecified atom stereocenters. The molecule has 0 atom stereocenters. The minimum Gasteiger partial charge on any atom is -0.354 e. The molecule has 1 N–H and O–H groups in total. The third-order valence-corrected chi connectivity index (χ3v) is 7.10. The number of aromatic nitrogens is 2. The van der Waals surface area contributed by atoms with Crippen molar-refractivity contribution in [1.82, 2.24) is 9.97 Å². The summed E-state index contributed by atoms with van der Waals surface area (Å²) >= 11 is 0. The van der Waals surface area contributed by atoms with Crippen molar-refractivity contribution in [2.45, 2.75) is 11.3 Å². The highest BCUT2D eigenvalue weighted by Crippen LogP contribution is 2.37. The van der Waals surface area contributed by atoms with Gasteiger partial charge in [0.15, 0.2) is 9.84 Å². The Balaban J connectivity index is 1.67. The molecule has 1 aliphatic heterocycles. The number of nitrogens with zero attached hydrogens (tertiary/aromatic N) is 1. The molecule has 0 saturated heterocycles. The molecule has 0 bridgehead atoms. The fraction of sp³-hybridized carbons (Fsp3) is 0.0870. The summed E-state index contributed by atoms with van der Waals surface area (Å²) in [6.07, 6.45) is 4.00. The number of aromatic amines is 1. The van der Waals surface area contributed by atoms with E-state index in [9.17, 15) is 12.8 Å². The van der Waals surface area contributed by atoms with Crippen LogP contribution in [0.4, 0.5) is 4.39 Å². The SMILES string of the molecule is O=S1(=O)CCc2cc(-c3cc(-c4ccncc4)c(-c4ccc(F)cc4)[nH]3)ccc21. The van der Waals surface area contributed by atoms with Crippen molar-refractivity contribution in [1.29, 1.82) is 0 Å². The molecule has 0 saturated carbocycles. The molecule has 3 heterocycles. The molecule has 0 spiro atoms. The Kier molecular flexibility index (Phi) is 4.10. The van der Waals surface area contributed by atoms with Crippen LogP contribution in [0.3, 0.4) is 0 Å². The first-order valence-electron chi connectivity index (χ1n) is 9.27. The highest BCUT2D eigenvalue weighted by atomic mass is 32.2. The number of fused-ring (bicyclic) bond motifs is 1. The molecule has 29 heavy (non-hydrogen) atoms. The van der Waals surface area contributed by atoms with Gasteiger partial charge in [-0.1, -0.05) is 6.07 Å². The fourth-order valence-electron chi connectivity index (χ4n) is 3.81. The van der Waals surface area contributed by atoms with Crippen molar-refractivity contribution >= 4 is 9.84 Å². The van der Waals surface area contributed by atoms with Crippen LogP contribution in [0.2, 0.25) is 0 Å². The second-order valence-electron chi connectivity index (χ2n) is 7.11. The molecule has 2 aromatic heterocycles. The van der Waals surface area contributed by atoms with E-state index in [-0.39, 0.29) is 11.6 Å². The Hall–Kier alpha value is -3.25. The van der Waals surface area contributed by atoms with E-state index >= 15 is 0 Å². The summed E-state index contributed by atoms with van der Waals surface area (Å²) in [6, 6.07) is 17.7. The number of sulfone groups is 1. The van der Waals surface area contributed by atoms with Gasteiger partial charge >= 0.3 is 0 Å². The van der Waals surface area contributed by atoms with Crippen LogP contribution >= 0.6 is 0 Å². The van der Waals surface area contributed by atoms with Gasteiger partial charge in [0.05, 0.1) is 16.3 Å². The molecular weight excluding hydrogens is 387 g/mol. The summed E-state index contributed by atoms with van der Waals surface area (Å²) in [7, 11) is -3.15. The molecule has 4 nitrogen and oxygen atoms in total. The van der Waals surface area contributed by atoms with E-state index in [0.717, 1.165) is 39.2 Å². The third-order valence-electron chi connectivity index (χ3n) is 5.29. The van der Waals surface area contributed by atoms with Crippen molar-refractivity contribution in [3.05, 3.63) is 84.4 Å². The molecule has 4 aromatic rings. The average Bonchev–Trinajstić information content (AvgIpc) is 3.31. The first-order valence-corrected chi connectivity index (χ1v) is 10.9. The van der Waals surface area contributed by atoms with Crippen molar-refractivity contribution in [3.8, 4) is 33.6 Å². The highest BCUT2D eigenvalue weighted by molar-refractivity contribution is 7.91. The number of pyridine rings is 1. The van der Waals surface area contributed by atoms with Crippen LogP contribution < -0.4 is 0 Å². The molecule has 1 aliphatic rings. The fourth-order valence-corrected chi connectivity index (χ4v) is 5.36. The van der Waals surface area contributed by atoms with Gasteiger partial charge in [-0.15, -0.1) is 0 Å². The zero-order valence-corrected chi connectivity index (χ0v) is 16.2. The van der Waals surface area contributed by atoms with Gasteiger partial charge < -0.3 is 4.98 Å². The van der Waals surface area contributed by atoms with Gasteiger partial charge in [-0.3, -0.25) is 4.98 Å². The summed E-state index contributed by atoms with van der Waals surface area (Å²) in [5, 5.41) is 0. The number of H-pyrrole nitrogens is 1. The van der Waals surface area contributed by atoms with Gasteiger partial charge in [0, 0.05) is 23.7 Å². The number of hydrogen-bond acceptors (Lipinski definition) is 3. The normalized spacial score (nSPS) is 14.7. The summed E-state index contributed by atoms with van der Waals surface area (Å²) in [5.41, 5.74) is 6.36. The van der Waals surface area contributed by atoms with Crippen LogP contribution in [0.1, 0.15) is 5.56 Å². The maximum Gasteiger partial charge on any atom is 0.178 e. The summed E-state index contributed by atoms with van der Waals surface area (Å²) in [5.74, 6) is -0.120. The molecular formula is C23H17FN2O2S. The summed E-state index contributed by atoms with van der Waals surface area (Å²) in [4.78, 5) is 7.97. The standard InChI is InChI=1S/C23H17FN2O2S/c24-19-4-1-16(2-5-19)23-20(15-7-10-25-11-8-15)14-21(26-23)17-3-6-22-18(13-17)9-12-29(22,27)28/h1-8,10-11,13-14,26H,9,12H2. The van der Waals surface area contributed by atoms with Crippen LogP contribution in [0.5, 0.6) is 0 Å². The predicted octanol–water partition coefficient (Wildman–Crippen LogP) is 4.88. The summed E-state index contributed by atoms with van der Waals surface area (Å²) in [6.45, 7) is 0. The second kappa shape index (κ2) is 6.67. The second-order valence-corrected chi connectivity index (χ2v) is 9.18. The van der Waals surface area contributed by atoms with Crippen molar-refractivity contribution in [2.75, 3.05) is 5.75 Å². The minimum absolute atomic E-state index is 0.166. The lowest BCUT2D eigenvalue weighted by atomic mass is 10.0. The van der Waals surface area contributed by atoms with Crippen LogP contribution in [0.25, 0.3) is 33.6 Å². The Morgan fingerprint density at radius 3 is 2.34 bits per heavy atom. The van der Waals surface area contributed by atoms with E-state index in [2.05, 4.69) is 9.97 Å². The largest absolute Gasteiger partial charge is 0.354 e. The van der Waals surface area contributed by atoms with E-state index in [1.54, 1.807) is 30.6 Å². The van der Waals surface area contributed by atoms with Crippen LogP contribution in [-0.2, 0) is 16.3 Å². The molecule has 0 aliphatic carbocycles. The van der Waals surface area contributed by atoms with Gasteiger partial charge in [0.1, 0.15) is 5.82 Å².